The Balaban J connectivity index is 2.79. The van der Waals surface area contributed by atoms with Crippen molar-refractivity contribution in [2.45, 2.75) is 5.33 Å². The SMILES string of the molecule is COCCOc1c(F)cc(CBr)cc1F. The van der Waals surface area contributed by atoms with Crippen LogP contribution in [0.25, 0.3) is 0 Å². The van der Waals surface area contributed by atoms with Crippen LogP contribution in [0.4, 0.5) is 8.78 Å². The molecule has 0 saturated carbocycles. The average Bonchev–Trinajstić information content (AvgIpc) is 2.22. The normalized spacial score (nSPS) is 10.4. The summed E-state index contributed by atoms with van der Waals surface area (Å²) < 4.78 is 36.2. The van der Waals surface area contributed by atoms with Crippen LogP contribution >= 0.6 is 15.9 Å². The molecule has 0 aliphatic rings. The van der Waals surface area contributed by atoms with Crippen molar-refractivity contribution in [1.82, 2.24) is 0 Å². The van der Waals surface area contributed by atoms with E-state index in [-0.39, 0.29) is 12.4 Å². The van der Waals surface area contributed by atoms with E-state index in [1.54, 1.807) is 0 Å². The molecule has 0 aliphatic carbocycles. The van der Waals surface area contributed by atoms with Crippen molar-refractivity contribution in [2.75, 3.05) is 20.3 Å². The Kier molecular flexibility index (Phi) is 4.98. The number of alkyl halides is 1. The van der Waals surface area contributed by atoms with Crippen molar-refractivity contribution in [3.63, 3.8) is 0 Å². The standard InChI is InChI=1S/C10H11BrF2O2/c1-14-2-3-15-10-8(12)4-7(6-11)5-9(10)13/h4-5H,2-3,6H2,1H3. The third-order valence-electron chi connectivity index (χ3n) is 1.75. The number of hydrogen-bond acceptors (Lipinski definition) is 2. The Morgan fingerprint density at radius 1 is 1.20 bits per heavy atom. The van der Waals surface area contributed by atoms with E-state index >= 15 is 0 Å². The maximum Gasteiger partial charge on any atom is 0.190 e. The molecular formula is C10H11BrF2O2. The number of hydrogen-bond donors (Lipinski definition) is 0. The molecule has 0 unspecified atom stereocenters. The molecule has 0 aromatic heterocycles. The Bertz CT molecular complexity index is 308. The lowest BCUT2D eigenvalue weighted by Gasteiger charge is -2.08. The summed E-state index contributed by atoms with van der Waals surface area (Å²) in [4.78, 5) is 0. The van der Waals surface area contributed by atoms with E-state index in [0.717, 1.165) is 0 Å². The summed E-state index contributed by atoms with van der Waals surface area (Å²) in [6, 6.07) is 2.47. The molecule has 1 rings (SSSR count). The molecule has 0 atom stereocenters. The lowest BCUT2D eigenvalue weighted by atomic mass is 10.2. The maximum absolute atomic E-state index is 13.3. The summed E-state index contributed by atoms with van der Waals surface area (Å²) >= 11 is 3.12. The van der Waals surface area contributed by atoms with Crippen molar-refractivity contribution in [2.24, 2.45) is 0 Å². The highest BCUT2D eigenvalue weighted by atomic mass is 79.9. The van der Waals surface area contributed by atoms with Gasteiger partial charge in [-0.3, -0.25) is 0 Å². The smallest absolute Gasteiger partial charge is 0.190 e. The molecule has 0 spiro atoms. The number of rotatable bonds is 5. The monoisotopic (exact) mass is 280 g/mol. The van der Waals surface area contributed by atoms with Crippen molar-refractivity contribution >= 4 is 15.9 Å². The van der Waals surface area contributed by atoms with Crippen LogP contribution in [0, 0.1) is 11.6 Å². The number of benzene rings is 1. The van der Waals surface area contributed by atoms with Crippen LogP contribution in [0.15, 0.2) is 12.1 Å². The molecule has 84 valence electrons. The van der Waals surface area contributed by atoms with E-state index in [4.69, 9.17) is 9.47 Å². The van der Waals surface area contributed by atoms with Gasteiger partial charge in [0.25, 0.3) is 0 Å². The second-order valence-corrected chi connectivity index (χ2v) is 3.42. The molecular weight excluding hydrogens is 270 g/mol. The molecule has 0 heterocycles. The molecule has 0 N–H and O–H groups in total. The Labute approximate surface area is 95.3 Å². The molecule has 0 fully saturated rings. The summed E-state index contributed by atoms with van der Waals surface area (Å²) in [6.07, 6.45) is 0. The Hall–Kier alpha value is -0.680. The van der Waals surface area contributed by atoms with Crippen LogP contribution in [0.2, 0.25) is 0 Å². The number of halogens is 3. The van der Waals surface area contributed by atoms with Gasteiger partial charge in [0, 0.05) is 12.4 Å². The van der Waals surface area contributed by atoms with Crippen molar-refractivity contribution in [3.05, 3.63) is 29.3 Å². The number of ether oxygens (including phenoxy) is 2. The Morgan fingerprint density at radius 2 is 1.80 bits per heavy atom. The minimum Gasteiger partial charge on any atom is -0.485 e. The zero-order chi connectivity index (χ0) is 11.3. The molecule has 0 amide bonds. The van der Waals surface area contributed by atoms with Crippen molar-refractivity contribution in [1.29, 1.82) is 0 Å². The van der Waals surface area contributed by atoms with E-state index in [9.17, 15) is 8.78 Å². The number of methoxy groups -OCH3 is 1. The first-order valence-corrected chi connectivity index (χ1v) is 5.46. The molecule has 0 radical (unpaired) electrons. The maximum atomic E-state index is 13.3. The third-order valence-corrected chi connectivity index (χ3v) is 2.39. The van der Waals surface area contributed by atoms with E-state index in [0.29, 0.717) is 17.5 Å². The van der Waals surface area contributed by atoms with Gasteiger partial charge in [0.05, 0.1) is 6.61 Å². The van der Waals surface area contributed by atoms with Crippen LogP contribution in [0.3, 0.4) is 0 Å². The molecule has 5 heteroatoms. The van der Waals surface area contributed by atoms with Crippen molar-refractivity contribution < 1.29 is 18.3 Å². The molecule has 0 aliphatic heterocycles. The van der Waals surface area contributed by atoms with Crippen molar-refractivity contribution in [3.8, 4) is 5.75 Å². The highest BCUT2D eigenvalue weighted by molar-refractivity contribution is 9.08. The largest absolute Gasteiger partial charge is 0.485 e. The first-order chi connectivity index (χ1) is 7.19. The van der Waals surface area contributed by atoms with Crippen LogP contribution in [0.1, 0.15) is 5.56 Å². The predicted octanol–water partition coefficient (Wildman–Crippen LogP) is 2.88. The topological polar surface area (TPSA) is 18.5 Å². The molecule has 1 aromatic rings. The fraction of sp³-hybridized carbons (Fsp3) is 0.400. The van der Waals surface area contributed by atoms with E-state index in [1.165, 1.54) is 19.2 Å². The van der Waals surface area contributed by atoms with Crippen LogP contribution in [-0.2, 0) is 10.1 Å². The van der Waals surface area contributed by atoms with Gasteiger partial charge in [-0.2, -0.15) is 0 Å². The second kappa shape index (κ2) is 6.02. The van der Waals surface area contributed by atoms with Gasteiger partial charge in [0.2, 0.25) is 0 Å². The average molecular weight is 281 g/mol. The molecule has 2 nitrogen and oxygen atoms in total. The summed E-state index contributed by atoms with van der Waals surface area (Å²) in [6.45, 7) is 0.414. The zero-order valence-corrected chi connectivity index (χ0v) is 9.81. The van der Waals surface area contributed by atoms with Gasteiger partial charge in [0.1, 0.15) is 6.61 Å². The predicted molar refractivity (Wildman–Crippen MR) is 56.4 cm³/mol. The van der Waals surface area contributed by atoms with Gasteiger partial charge in [-0.05, 0) is 17.7 Å². The van der Waals surface area contributed by atoms with E-state index in [2.05, 4.69) is 15.9 Å². The minimum atomic E-state index is -0.694. The molecule has 15 heavy (non-hydrogen) atoms. The summed E-state index contributed by atoms with van der Waals surface area (Å²) in [7, 11) is 1.49. The van der Waals surface area contributed by atoms with Gasteiger partial charge in [-0.15, -0.1) is 0 Å². The van der Waals surface area contributed by atoms with Gasteiger partial charge in [0.15, 0.2) is 17.4 Å². The van der Waals surface area contributed by atoms with Gasteiger partial charge in [-0.25, -0.2) is 8.78 Å². The highest BCUT2D eigenvalue weighted by Crippen LogP contribution is 2.24. The fourth-order valence-corrected chi connectivity index (χ4v) is 1.38. The molecule has 1 aromatic carbocycles. The van der Waals surface area contributed by atoms with Gasteiger partial charge in [-0.1, -0.05) is 15.9 Å². The Morgan fingerprint density at radius 3 is 2.27 bits per heavy atom. The summed E-state index contributed by atoms with van der Waals surface area (Å²) in [5.74, 6) is -1.74. The first-order valence-electron chi connectivity index (χ1n) is 4.34. The minimum absolute atomic E-state index is 0.123. The van der Waals surface area contributed by atoms with E-state index in [1.807, 2.05) is 0 Å². The quantitative estimate of drug-likeness (QED) is 0.610. The van der Waals surface area contributed by atoms with Gasteiger partial charge < -0.3 is 9.47 Å². The van der Waals surface area contributed by atoms with E-state index < -0.39 is 11.6 Å². The first kappa shape index (κ1) is 12.4. The van der Waals surface area contributed by atoms with Crippen LogP contribution in [-0.4, -0.2) is 20.3 Å². The van der Waals surface area contributed by atoms with Crippen LogP contribution in [0.5, 0.6) is 5.75 Å². The summed E-state index contributed by atoms with van der Waals surface area (Å²) in [5.41, 5.74) is 0.532. The lowest BCUT2D eigenvalue weighted by molar-refractivity contribution is 0.141. The van der Waals surface area contributed by atoms with Crippen LogP contribution < -0.4 is 4.74 Å². The molecule has 0 bridgehead atoms. The highest BCUT2D eigenvalue weighted by Gasteiger charge is 2.11. The lowest BCUT2D eigenvalue weighted by Crippen LogP contribution is -2.07. The molecule has 0 saturated heterocycles. The summed E-state index contributed by atoms with van der Waals surface area (Å²) in [5, 5.41) is 0.402. The van der Waals surface area contributed by atoms with Gasteiger partial charge >= 0.3 is 0 Å². The second-order valence-electron chi connectivity index (χ2n) is 2.86. The third kappa shape index (κ3) is 3.43. The zero-order valence-electron chi connectivity index (χ0n) is 8.23. The fourth-order valence-electron chi connectivity index (χ4n) is 1.05.